The van der Waals surface area contributed by atoms with Crippen LogP contribution in [-0.4, -0.2) is 39.2 Å². The zero-order valence-corrected chi connectivity index (χ0v) is 21.0. The van der Waals surface area contributed by atoms with E-state index in [1.807, 2.05) is 66.1 Å². The average molecular weight is 526 g/mol. The summed E-state index contributed by atoms with van der Waals surface area (Å²) in [5.41, 5.74) is 4.92. The summed E-state index contributed by atoms with van der Waals surface area (Å²) in [5.74, 6) is 1.25. The predicted octanol–water partition coefficient (Wildman–Crippen LogP) is 5.88. The number of carbonyl (C=O) groups excluding carboxylic acids is 1. The van der Waals surface area contributed by atoms with Crippen molar-refractivity contribution in [3.05, 3.63) is 88.4 Å². The van der Waals surface area contributed by atoms with Crippen molar-refractivity contribution in [2.24, 2.45) is 5.10 Å². The number of hydrogen-bond acceptors (Lipinski definition) is 6. The minimum Gasteiger partial charge on any atom is -0.494 e. The normalized spacial score (nSPS) is 11.1. The molecule has 0 saturated carbocycles. The number of amides is 1. The number of hydrogen-bond donors (Lipinski definition) is 1. The monoisotopic (exact) mass is 525 g/mol. The van der Waals surface area contributed by atoms with Crippen LogP contribution in [0.15, 0.2) is 83.1 Å². The Balaban J connectivity index is 1.50. The van der Waals surface area contributed by atoms with Gasteiger partial charge in [-0.15, -0.1) is 10.2 Å². The van der Waals surface area contributed by atoms with Gasteiger partial charge in [0.25, 0.3) is 5.91 Å². The molecule has 0 saturated heterocycles. The summed E-state index contributed by atoms with van der Waals surface area (Å²) < 4.78 is 7.47. The highest BCUT2D eigenvalue weighted by Gasteiger charge is 2.17. The molecule has 1 heterocycles. The van der Waals surface area contributed by atoms with E-state index in [9.17, 15) is 4.79 Å². The Bertz CT molecular complexity index is 1330. The van der Waals surface area contributed by atoms with E-state index in [2.05, 4.69) is 20.7 Å². The van der Waals surface area contributed by atoms with Gasteiger partial charge in [0.1, 0.15) is 5.75 Å². The number of nitrogens with zero attached hydrogens (tertiary/aromatic N) is 4. The minimum absolute atomic E-state index is 0.0929. The molecule has 0 fully saturated rings. The van der Waals surface area contributed by atoms with Crippen LogP contribution in [0.2, 0.25) is 10.0 Å². The molecular formula is C25H21Cl2N5O2S. The van der Waals surface area contributed by atoms with E-state index in [0.29, 0.717) is 33.2 Å². The maximum absolute atomic E-state index is 12.4. The number of carbonyl (C=O) groups is 1. The third-order valence-electron chi connectivity index (χ3n) is 4.76. The molecule has 7 nitrogen and oxygen atoms in total. The van der Waals surface area contributed by atoms with E-state index in [-0.39, 0.29) is 11.7 Å². The Morgan fingerprint density at radius 2 is 1.86 bits per heavy atom. The van der Waals surface area contributed by atoms with Crippen molar-refractivity contribution < 1.29 is 9.53 Å². The molecule has 4 rings (SSSR count). The quantitative estimate of drug-likeness (QED) is 0.167. The number of thioether (sulfide) groups is 1. The first-order chi connectivity index (χ1) is 17.0. The number of benzene rings is 3. The van der Waals surface area contributed by atoms with Crippen LogP contribution in [0.5, 0.6) is 5.75 Å². The van der Waals surface area contributed by atoms with E-state index < -0.39 is 0 Å². The zero-order chi connectivity index (χ0) is 24.6. The SMILES string of the molecule is CCOc1ccc(-n2c(SCC(=O)NN=Cc3ccc(Cl)cc3Cl)nnc2-c2ccccc2)cc1. The van der Waals surface area contributed by atoms with Crippen LogP contribution in [0.1, 0.15) is 12.5 Å². The molecule has 0 spiro atoms. The van der Waals surface area contributed by atoms with Gasteiger partial charge in [-0.2, -0.15) is 5.10 Å². The molecule has 4 aromatic rings. The van der Waals surface area contributed by atoms with Crippen molar-refractivity contribution >= 4 is 47.1 Å². The van der Waals surface area contributed by atoms with Crippen LogP contribution in [0.3, 0.4) is 0 Å². The summed E-state index contributed by atoms with van der Waals surface area (Å²) in [5, 5.41) is 14.3. The van der Waals surface area contributed by atoms with Crippen molar-refractivity contribution in [2.45, 2.75) is 12.1 Å². The average Bonchev–Trinajstić information content (AvgIpc) is 3.29. The maximum Gasteiger partial charge on any atom is 0.250 e. The van der Waals surface area contributed by atoms with Gasteiger partial charge >= 0.3 is 0 Å². The van der Waals surface area contributed by atoms with Gasteiger partial charge in [0.05, 0.1) is 23.6 Å². The van der Waals surface area contributed by atoms with Crippen molar-refractivity contribution in [1.29, 1.82) is 0 Å². The molecule has 0 aliphatic heterocycles. The second kappa shape index (κ2) is 11.9. The molecule has 0 radical (unpaired) electrons. The maximum atomic E-state index is 12.4. The predicted molar refractivity (Wildman–Crippen MR) is 141 cm³/mol. The number of aromatic nitrogens is 3. The third kappa shape index (κ3) is 6.42. The van der Waals surface area contributed by atoms with Gasteiger partial charge in [-0.05, 0) is 43.3 Å². The van der Waals surface area contributed by atoms with E-state index >= 15 is 0 Å². The first-order valence-corrected chi connectivity index (χ1v) is 12.4. The molecule has 0 atom stereocenters. The summed E-state index contributed by atoms with van der Waals surface area (Å²) in [6.45, 7) is 2.53. The van der Waals surface area contributed by atoms with Crippen LogP contribution in [0, 0.1) is 0 Å². The van der Waals surface area contributed by atoms with Crippen LogP contribution in [0.25, 0.3) is 17.1 Å². The number of ether oxygens (including phenoxy) is 1. The number of halogens is 2. The molecule has 1 amide bonds. The highest BCUT2D eigenvalue weighted by Crippen LogP contribution is 2.29. The van der Waals surface area contributed by atoms with Crippen LogP contribution in [-0.2, 0) is 4.79 Å². The molecule has 1 N–H and O–H groups in total. The lowest BCUT2D eigenvalue weighted by atomic mass is 10.2. The van der Waals surface area contributed by atoms with Crippen molar-refractivity contribution in [2.75, 3.05) is 12.4 Å². The van der Waals surface area contributed by atoms with Gasteiger partial charge < -0.3 is 4.74 Å². The fourth-order valence-corrected chi connectivity index (χ4v) is 4.37. The van der Waals surface area contributed by atoms with E-state index in [1.54, 1.807) is 18.2 Å². The Hall–Kier alpha value is -3.33. The van der Waals surface area contributed by atoms with Gasteiger partial charge in [0.2, 0.25) is 0 Å². The lowest BCUT2D eigenvalue weighted by molar-refractivity contribution is -0.118. The van der Waals surface area contributed by atoms with E-state index in [1.165, 1.54) is 18.0 Å². The van der Waals surface area contributed by atoms with Crippen LogP contribution in [0.4, 0.5) is 0 Å². The van der Waals surface area contributed by atoms with Gasteiger partial charge in [-0.3, -0.25) is 9.36 Å². The first kappa shape index (κ1) is 24.8. The Morgan fingerprint density at radius 3 is 2.57 bits per heavy atom. The summed E-state index contributed by atoms with van der Waals surface area (Å²) >= 11 is 13.3. The third-order valence-corrected chi connectivity index (χ3v) is 6.25. The molecule has 3 aromatic carbocycles. The van der Waals surface area contributed by atoms with Crippen LogP contribution >= 0.6 is 35.0 Å². The topological polar surface area (TPSA) is 81.4 Å². The summed E-state index contributed by atoms with van der Waals surface area (Å²) in [6, 6.07) is 22.4. The van der Waals surface area contributed by atoms with Gasteiger partial charge in [0.15, 0.2) is 11.0 Å². The summed E-state index contributed by atoms with van der Waals surface area (Å²) in [4.78, 5) is 12.4. The zero-order valence-electron chi connectivity index (χ0n) is 18.7. The Kier molecular flexibility index (Phi) is 8.41. The Morgan fingerprint density at radius 1 is 1.09 bits per heavy atom. The van der Waals surface area contributed by atoms with Crippen molar-refractivity contribution in [1.82, 2.24) is 20.2 Å². The molecule has 0 aliphatic carbocycles. The van der Waals surface area contributed by atoms with Crippen LogP contribution < -0.4 is 10.2 Å². The molecule has 0 aliphatic rings. The lowest BCUT2D eigenvalue weighted by Crippen LogP contribution is -2.20. The largest absolute Gasteiger partial charge is 0.494 e. The highest BCUT2D eigenvalue weighted by molar-refractivity contribution is 7.99. The Labute approximate surface area is 217 Å². The van der Waals surface area contributed by atoms with E-state index in [0.717, 1.165) is 17.0 Å². The number of hydrazone groups is 1. The molecule has 178 valence electrons. The molecule has 1 aromatic heterocycles. The van der Waals surface area contributed by atoms with Crippen molar-refractivity contribution in [3.63, 3.8) is 0 Å². The second-order valence-electron chi connectivity index (χ2n) is 7.18. The molecule has 10 heteroatoms. The standard InChI is InChI=1S/C25H21Cl2N5O2S/c1-2-34-21-12-10-20(11-13-21)32-24(17-6-4-3-5-7-17)30-31-25(32)35-16-23(33)29-28-15-18-8-9-19(26)14-22(18)27/h3-15H,2,16H2,1H3,(H,29,33). The summed E-state index contributed by atoms with van der Waals surface area (Å²) in [6.07, 6.45) is 1.47. The molecule has 35 heavy (non-hydrogen) atoms. The lowest BCUT2D eigenvalue weighted by Gasteiger charge is -2.11. The van der Waals surface area contributed by atoms with Crippen molar-refractivity contribution in [3.8, 4) is 22.8 Å². The number of nitrogens with one attached hydrogen (secondary N) is 1. The van der Waals surface area contributed by atoms with E-state index in [4.69, 9.17) is 27.9 Å². The molecular weight excluding hydrogens is 505 g/mol. The molecule has 0 unspecified atom stereocenters. The highest BCUT2D eigenvalue weighted by atomic mass is 35.5. The molecule has 0 bridgehead atoms. The fourth-order valence-electron chi connectivity index (χ4n) is 3.17. The second-order valence-corrected chi connectivity index (χ2v) is 8.97. The van der Waals surface area contributed by atoms with Gasteiger partial charge in [-0.25, -0.2) is 5.43 Å². The fraction of sp³-hybridized carbons (Fsp3) is 0.120. The summed E-state index contributed by atoms with van der Waals surface area (Å²) in [7, 11) is 0. The van der Waals surface area contributed by atoms with Gasteiger partial charge in [0, 0.05) is 21.8 Å². The smallest absolute Gasteiger partial charge is 0.250 e. The number of rotatable bonds is 9. The van der Waals surface area contributed by atoms with Gasteiger partial charge in [-0.1, -0.05) is 71.4 Å². The first-order valence-electron chi connectivity index (χ1n) is 10.7. The minimum atomic E-state index is -0.293.